The van der Waals surface area contributed by atoms with Crippen molar-refractivity contribution < 1.29 is 4.74 Å². The van der Waals surface area contributed by atoms with E-state index in [0.29, 0.717) is 23.9 Å². The van der Waals surface area contributed by atoms with Crippen molar-refractivity contribution >= 4 is 35.6 Å². The number of hydrogen-bond acceptors (Lipinski definition) is 5. The summed E-state index contributed by atoms with van der Waals surface area (Å²) in [6.07, 6.45) is 14.3. The van der Waals surface area contributed by atoms with Crippen LogP contribution in [0.1, 0.15) is 83.4 Å². The molecule has 218 valence electrons. The molecule has 41 heavy (non-hydrogen) atoms. The van der Waals surface area contributed by atoms with Gasteiger partial charge in [0.25, 0.3) is 0 Å². The molecular formula is C32H44N8O. The molecule has 1 saturated carbocycles. The van der Waals surface area contributed by atoms with E-state index in [1.54, 1.807) is 12.0 Å². The number of methoxy groups -OCH3 is 1. The van der Waals surface area contributed by atoms with E-state index in [4.69, 9.17) is 20.5 Å². The Balaban J connectivity index is 1.75. The third-order valence-electron chi connectivity index (χ3n) is 7.39. The average Bonchev–Trinajstić information content (AvgIpc) is 3.54. The van der Waals surface area contributed by atoms with Crippen LogP contribution in [0.15, 0.2) is 47.2 Å². The lowest BCUT2D eigenvalue weighted by Gasteiger charge is -2.27. The highest BCUT2D eigenvalue weighted by Gasteiger charge is 2.24. The van der Waals surface area contributed by atoms with Crippen molar-refractivity contribution in [2.75, 3.05) is 19.0 Å². The number of amidine groups is 2. The summed E-state index contributed by atoms with van der Waals surface area (Å²) in [7, 11) is 3.58. The van der Waals surface area contributed by atoms with E-state index in [9.17, 15) is 0 Å². The van der Waals surface area contributed by atoms with E-state index in [-0.39, 0.29) is 5.84 Å². The van der Waals surface area contributed by atoms with Gasteiger partial charge in [-0.2, -0.15) is 5.10 Å². The molecule has 0 spiro atoms. The van der Waals surface area contributed by atoms with Gasteiger partial charge in [-0.3, -0.25) is 15.5 Å². The molecule has 1 fully saturated rings. The first-order valence-corrected chi connectivity index (χ1v) is 14.5. The minimum Gasteiger partial charge on any atom is -0.495 e. The Morgan fingerprint density at radius 3 is 2.56 bits per heavy atom. The Kier molecular flexibility index (Phi) is 9.81. The van der Waals surface area contributed by atoms with Crippen molar-refractivity contribution in [1.29, 1.82) is 10.8 Å². The number of anilines is 1. The number of aryl methyl sites for hydroxylation is 1. The van der Waals surface area contributed by atoms with Crippen LogP contribution in [0.2, 0.25) is 0 Å². The number of aliphatic imine (C=N–C) groups is 1. The third-order valence-corrected chi connectivity index (χ3v) is 7.39. The molecule has 9 heteroatoms. The zero-order valence-corrected chi connectivity index (χ0v) is 25.3. The van der Waals surface area contributed by atoms with Crippen molar-refractivity contribution in [2.45, 2.75) is 72.3 Å². The quantitative estimate of drug-likeness (QED) is 0.176. The molecule has 0 bridgehead atoms. The number of hydrogen-bond donors (Lipinski definition) is 3. The van der Waals surface area contributed by atoms with Crippen LogP contribution in [0.4, 0.5) is 11.5 Å². The van der Waals surface area contributed by atoms with E-state index < -0.39 is 0 Å². The first-order chi connectivity index (χ1) is 19.7. The highest BCUT2D eigenvalue weighted by molar-refractivity contribution is 6.03. The molecule has 3 aromatic rings. The molecule has 0 aliphatic heterocycles. The maximum Gasteiger partial charge on any atom is 0.143 e. The molecule has 1 aliphatic carbocycles. The number of rotatable bonds is 10. The van der Waals surface area contributed by atoms with Crippen molar-refractivity contribution in [1.82, 2.24) is 19.2 Å². The van der Waals surface area contributed by atoms with Gasteiger partial charge in [-0.25, -0.2) is 4.99 Å². The van der Waals surface area contributed by atoms with E-state index in [1.807, 2.05) is 50.0 Å². The van der Waals surface area contributed by atoms with E-state index in [2.05, 4.69) is 47.2 Å². The Labute approximate surface area is 243 Å². The van der Waals surface area contributed by atoms with Gasteiger partial charge in [0, 0.05) is 42.5 Å². The molecule has 3 N–H and O–H groups in total. The molecule has 1 aromatic carbocycles. The van der Waals surface area contributed by atoms with Crippen LogP contribution in [0.3, 0.4) is 0 Å². The van der Waals surface area contributed by atoms with Crippen LogP contribution in [-0.4, -0.2) is 50.9 Å². The largest absolute Gasteiger partial charge is 0.495 e. The molecular weight excluding hydrogens is 512 g/mol. The normalized spacial score (nSPS) is 14.0. The predicted molar refractivity (Wildman–Crippen MR) is 170 cm³/mol. The zero-order valence-electron chi connectivity index (χ0n) is 25.3. The molecule has 0 atom stereocenters. The third kappa shape index (κ3) is 6.96. The fourth-order valence-corrected chi connectivity index (χ4v) is 5.53. The summed E-state index contributed by atoms with van der Waals surface area (Å²) in [5.41, 5.74) is 6.01. The Morgan fingerprint density at radius 1 is 1.20 bits per heavy atom. The van der Waals surface area contributed by atoms with Gasteiger partial charge in [-0.15, -0.1) is 0 Å². The number of benzene rings is 1. The van der Waals surface area contributed by atoms with Crippen LogP contribution in [0.25, 0.3) is 17.3 Å². The smallest absolute Gasteiger partial charge is 0.143 e. The lowest BCUT2D eigenvalue weighted by Crippen LogP contribution is -2.30. The summed E-state index contributed by atoms with van der Waals surface area (Å²) in [5.74, 6) is 2.58. The lowest BCUT2D eigenvalue weighted by atomic mass is 9.95. The van der Waals surface area contributed by atoms with Crippen LogP contribution in [-0.2, 0) is 7.05 Å². The number of nitrogens with zero attached hydrogens (tertiary/aromatic N) is 5. The fourth-order valence-electron chi connectivity index (χ4n) is 5.53. The monoisotopic (exact) mass is 556 g/mol. The average molecular weight is 557 g/mol. The van der Waals surface area contributed by atoms with Crippen LogP contribution in [0.5, 0.6) is 5.75 Å². The standard InChI is InChI=1S/C32H44N8O/c1-7-15-39(21-33)31(34)24-13-14-28(30(18-24)41-6)36-23(4)37-32-25(16-22(2)3)17-29(26-19-35-38(5)20-26)40(32)27-11-9-8-10-12-27/h13-14,16-21,27,33-34H,7-12,15H2,1-6H3,(H,36,37). The summed E-state index contributed by atoms with van der Waals surface area (Å²) in [5, 5.41) is 24.2. The highest BCUT2D eigenvalue weighted by Crippen LogP contribution is 2.41. The molecule has 9 nitrogen and oxygen atoms in total. The summed E-state index contributed by atoms with van der Waals surface area (Å²) in [6, 6.07) is 8.26. The number of aromatic nitrogens is 3. The van der Waals surface area contributed by atoms with Crippen LogP contribution in [0, 0.1) is 10.8 Å². The van der Waals surface area contributed by atoms with Gasteiger partial charge in [-0.05, 0) is 64.3 Å². The van der Waals surface area contributed by atoms with Crippen molar-refractivity contribution in [3.63, 3.8) is 0 Å². The van der Waals surface area contributed by atoms with Crippen LogP contribution < -0.4 is 10.1 Å². The van der Waals surface area contributed by atoms with Gasteiger partial charge in [0.1, 0.15) is 23.2 Å². The summed E-state index contributed by atoms with van der Waals surface area (Å²) in [4.78, 5) is 6.82. The molecule has 4 rings (SSSR count). The molecule has 0 saturated heterocycles. The molecule has 2 heterocycles. The predicted octanol–water partition coefficient (Wildman–Crippen LogP) is 7.63. The van der Waals surface area contributed by atoms with Crippen molar-refractivity contribution in [3.8, 4) is 17.0 Å². The molecule has 0 radical (unpaired) electrons. The zero-order chi connectivity index (χ0) is 29.5. The number of allylic oxidation sites excluding steroid dienone is 1. The summed E-state index contributed by atoms with van der Waals surface area (Å²) < 4.78 is 9.98. The van der Waals surface area contributed by atoms with Crippen molar-refractivity contribution in [2.24, 2.45) is 12.0 Å². The topological polar surface area (TPSA) is 107 Å². The first-order valence-electron chi connectivity index (χ1n) is 14.5. The van der Waals surface area contributed by atoms with Gasteiger partial charge in [-0.1, -0.05) is 37.8 Å². The number of nitrogens with one attached hydrogen (secondary N) is 3. The molecule has 2 aromatic heterocycles. The van der Waals surface area contributed by atoms with Crippen LogP contribution >= 0.6 is 0 Å². The maximum absolute atomic E-state index is 8.56. The first kappa shape index (κ1) is 29.8. The van der Waals surface area contributed by atoms with Gasteiger partial charge in [0.05, 0.1) is 31.0 Å². The molecule has 0 unspecified atom stereocenters. The minimum atomic E-state index is 0.275. The van der Waals surface area contributed by atoms with E-state index in [0.717, 1.165) is 53.4 Å². The fraction of sp³-hybridized carbons (Fsp3) is 0.438. The van der Waals surface area contributed by atoms with E-state index >= 15 is 0 Å². The Morgan fingerprint density at radius 2 is 1.95 bits per heavy atom. The Bertz CT molecular complexity index is 1430. The van der Waals surface area contributed by atoms with Crippen molar-refractivity contribution in [3.05, 3.63) is 53.4 Å². The van der Waals surface area contributed by atoms with Gasteiger partial charge < -0.3 is 19.5 Å². The second-order valence-electron chi connectivity index (χ2n) is 11.0. The highest BCUT2D eigenvalue weighted by atomic mass is 16.5. The maximum atomic E-state index is 8.56. The summed E-state index contributed by atoms with van der Waals surface area (Å²) in [6.45, 7) is 8.86. The second kappa shape index (κ2) is 13.5. The summed E-state index contributed by atoms with van der Waals surface area (Å²) >= 11 is 0. The molecule has 0 amide bonds. The van der Waals surface area contributed by atoms with Gasteiger partial charge >= 0.3 is 0 Å². The molecule has 1 aliphatic rings. The second-order valence-corrected chi connectivity index (χ2v) is 11.0. The van der Waals surface area contributed by atoms with E-state index in [1.165, 1.54) is 31.2 Å². The lowest BCUT2D eigenvalue weighted by molar-refractivity contribution is 0.358. The minimum absolute atomic E-state index is 0.275. The van der Waals surface area contributed by atoms with Gasteiger partial charge in [0.2, 0.25) is 0 Å². The SMILES string of the molecule is CCCN(C=N)C(=N)c1ccc(N/C(C)=N/c2c(C=C(C)C)cc(-c3cnn(C)c3)n2C2CCCCC2)c(OC)c1. The Hall–Kier alpha value is -4.14. The van der Waals surface area contributed by atoms with Gasteiger partial charge in [0.15, 0.2) is 0 Å². The number of ether oxygens (including phenoxy) is 1.